The predicted octanol–water partition coefficient (Wildman–Crippen LogP) is 1.52. The Morgan fingerprint density at radius 3 is 2.82 bits per heavy atom. The highest BCUT2D eigenvalue weighted by Gasteiger charge is 2.49. The number of benzene rings is 1. The lowest BCUT2D eigenvalue weighted by atomic mass is 9.87. The van der Waals surface area contributed by atoms with Crippen LogP contribution in [0.25, 0.3) is 22.4 Å². The van der Waals surface area contributed by atoms with Crippen molar-refractivity contribution in [1.29, 1.82) is 0 Å². The average molecular weight is 452 g/mol. The fraction of sp³-hybridized carbons (Fsp3) is 0.391. The Bertz CT molecular complexity index is 1230. The zero-order chi connectivity index (χ0) is 23.2. The molecule has 1 aromatic carbocycles. The molecule has 1 unspecified atom stereocenters. The molecule has 3 aromatic rings. The van der Waals surface area contributed by atoms with E-state index in [0.717, 1.165) is 0 Å². The Hall–Kier alpha value is -3.37. The minimum absolute atomic E-state index is 0.00241. The van der Waals surface area contributed by atoms with Crippen molar-refractivity contribution in [3.63, 3.8) is 0 Å². The van der Waals surface area contributed by atoms with Gasteiger partial charge in [0.1, 0.15) is 11.4 Å². The minimum Gasteiger partial charge on any atom is -0.507 e. The standard InChI is InChI=1S/C23H25FN6O3/c1-29-6-5-15(8-21(29)32)14-3-4-17(19(31)7-14)18-10-25-22(28-27-18)30(2)20-9-16-11-33-13-23(20,24)12-26-16/h3-8,10,16,20,26,31H,9,11-13H2,1-2H3/t16-,20+,23?/m1/s1. The second-order valence-electron chi connectivity index (χ2n) is 8.73. The monoisotopic (exact) mass is 452 g/mol. The van der Waals surface area contributed by atoms with Gasteiger partial charge in [0.25, 0.3) is 5.56 Å². The molecule has 3 fully saturated rings. The van der Waals surface area contributed by atoms with Gasteiger partial charge in [-0.2, -0.15) is 0 Å². The molecule has 0 radical (unpaired) electrons. The summed E-state index contributed by atoms with van der Waals surface area (Å²) in [5, 5.41) is 22.2. The van der Waals surface area contributed by atoms with Gasteiger partial charge in [-0.05, 0) is 35.7 Å². The maximum absolute atomic E-state index is 15.5. The second-order valence-corrected chi connectivity index (χ2v) is 8.73. The van der Waals surface area contributed by atoms with Gasteiger partial charge in [-0.3, -0.25) is 4.79 Å². The molecule has 3 aliphatic heterocycles. The summed E-state index contributed by atoms with van der Waals surface area (Å²) in [6, 6.07) is 8.07. The summed E-state index contributed by atoms with van der Waals surface area (Å²) in [5.41, 5.74) is 0.602. The summed E-state index contributed by atoms with van der Waals surface area (Å²) >= 11 is 0. The van der Waals surface area contributed by atoms with E-state index in [9.17, 15) is 9.90 Å². The minimum atomic E-state index is -1.53. The van der Waals surface area contributed by atoms with Crippen molar-refractivity contribution in [2.45, 2.75) is 24.2 Å². The van der Waals surface area contributed by atoms with E-state index < -0.39 is 11.7 Å². The Balaban J connectivity index is 1.38. The number of ether oxygens (including phenoxy) is 1. The number of alkyl halides is 1. The molecular formula is C23H25FN6O3. The number of fused-ring (bicyclic) bond motifs is 4. The van der Waals surface area contributed by atoms with E-state index in [4.69, 9.17) is 4.74 Å². The van der Waals surface area contributed by atoms with Gasteiger partial charge in [-0.15, -0.1) is 10.2 Å². The second kappa shape index (κ2) is 8.20. The summed E-state index contributed by atoms with van der Waals surface area (Å²) in [5.74, 6) is 0.307. The maximum Gasteiger partial charge on any atom is 0.250 e. The fourth-order valence-corrected chi connectivity index (χ4v) is 4.50. The number of phenolic OH excluding ortho intramolecular Hbond substituents is 1. The molecule has 172 valence electrons. The fourth-order valence-electron chi connectivity index (χ4n) is 4.50. The highest BCUT2D eigenvalue weighted by Crippen LogP contribution is 2.34. The molecule has 0 spiro atoms. The third kappa shape index (κ3) is 3.96. The predicted molar refractivity (Wildman–Crippen MR) is 121 cm³/mol. The topological polar surface area (TPSA) is 105 Å². The van der Waals surface area contributed by atoms with Crippen LogP contribution >= 0.6 is 0 Å². The molecule has 2 bridgehead atoms. The molecule has 2 aromatic heterocycles. The first-order valence-electron chi connectivity index (χ1n) is 10.8. The Morgan fingerprint density at radius 2 is 2.09 bits per heavy atom. The number of nitrogens with one attached hydrogen (secondary N) is 1. The molecule has 3 saturated heterocycles. The number of hydrogen-bond acceptors (Lipinski definition) is 8. The van der Waals surface area contributed by atoms with Crippen LogP contribution in [0, 0.1) is 0 Å². The molecule has 10 heteroatoms. The molecule has 5 heterocycles. The average Bonchev–Trinajstić information content (AvgIpc) is 3.10. The van der Waals surface area contributed by atoms with E-state index in [2.05, 4.69) is 20.5 Å². The molecule has 0 saturated carbocycles. The van der Waals surface area contributed by atoms with Crippen LogP contribution in [0.1, 0.15) is 6.42 Å². The number of pyridine rings is 1. The number of aromatic hydroxyl groups is 1. The van der Waals surface area contributed by atoms with E-state index in [1.807, 2.05) is 0 Å². The summed E-state index contributed by atoms with van der Waals surface area (Å²) in [6.07, 6.45) is 3.78. The third-order valence-electron chi connectivity index (χ3n) is 6.49. The van der Waals surface area contributed by atoms with Crippen molar-refractivity contribution in [2.75, 3.05) is 31.7 Å². The van der Waals surface area contributed by atoms with Gasteiger partial charge < -0.3 is 24.6 Å². The van der Waals surface area contributed by atoms with Crippen molar-refractivity contribution in [1.82, 2.24) is 25.1 Å². The Morgan fingerprint density at radius 1 is 1.27 bits per heavy atom. The van der Waals surface area contributed by atoms with E-state index in [0.29, 0.717) is 41.4 Å². The maximum atomic E-state index is 15.5. The van der Waals surface area contributed by atoms with E-state index in [1.54, 1.807) is 49.5 Å². The molecule has 3 aliphatic rings. The molecule has 0 amide bonds. The molecule has 3 atom stereocenters. The van der Waals surface area contributed by atoms with Gasteiger partial charge in [0.05, 0.1) is 25.5 Å². The quantitative estimate of drug-likeness (QED) is 0.614. The zero-order valence-electron chi connectivity index (χ0n) is 18.4. The number of hydrogen-bond donors (Lipinski definition) is 2. The summed E-state index contributed by atoms with van der Waals surface area (Å²) < 4.78 is 22.4. The van der Waals surface area contributed by atoms with Gasteiger partial charge in [0.2, 0.25) is 5.95 Å². The van der Waals surface area contributed by atoms with Gasteiger partial charge in [0, 0.05) is 44.5 Å². The van der Waals surface area contributed by atoms with Crippen LogP contribution in [0.3, 0.4) is 0 Å². The lowest BCUT2D eigenvalue weighted by Crippen LogP contribution is -2.62. The highest BCUT2D eigenvalue weighted by atomic mass is 19.1. The molecule has 6 rings (SSSR count). The number of nitrogens with zero attached hydrogens (tertiary/aromatic N) is 5. The van der Waals surface area contributed by atoms with Crippen molar-refractivity contribution in [3.8, 4) is 28.1 Å². The van der Waals surface area contributed by atoms with E-state index >= 15 is 4.39 Å². The number of rotatable bonds is 4. The molecular weight excluding hydrogens is 427 g/mol. The first kappa shape index (κ1) is 21.5. The number of aryl methyl sites for hydroxylation is 1. The normalized spacial score (nSPS) is 24.5. The number of aromatic nitrogens is 4. The van der Waals surface area contributed by atoms with E-state index in [1.165, 1.54) is 16.8 Å². The van der Waals surface area contributed by atoms with Gasteiger partial charge in [-0.25, -0.2) is 9.37 Å². The lowest BCUT2D eigenvalue weighted by molar-refractivity contribution is 0.0297. The summed E-state index contributed by atoms with van der Waals surface area (Å²) in [4.78, 5) is 18.0. The third-order valence-corrected chi connectivity index (χ3v) is 6.49. The van der Waals surface area contributed by atoms with Crippen LogP contribution in [0.2, 0.25) is 0 Å². The zero-order valence-corrected chi connectivity index (χ0v) is 18.4. The Labute approximate surface area is 189 Å². The van der Waals surface area contributed by atoms with Crippen LogP contribution in [0.4, 0.5) is 10.3 Å². The van der Waals surface area contributed by atoms with Crippen LogP contribution in [0.5, 0.6) is 5.75 Å². The lowest BCUT2D eigenvalue weighted by Gasteiger charge is -2.42. The van der Waals surface area contributed by atoms with Crippen LogP contribution < -0.4 is 15.8 Å². The first-order chi connectivity index (χ1) is 15.8. The molecule has 0 aliphatic carbocycles. The smallest absolute Gasteiger partial charge is 0.250 e. The SMILES string of the molecule is CN(c1ncc(-c2ccc(-c3ccn(C)c(=O)c3)cc2O)nn1)[C@H]1C[C@@H]2COCC1(F)CN2. The summed E-state index contributed by atoms with van der Waals surface area (Å²) in [6.45, 7) is 0.748. The van der Waals surface area contributed by atoms with Crippen LogP contribution in [0.15, 0.2) is 47.5 Å². The van der Waals surface area contributed by atoms with Gasteiger partial charge >= 0.3 is 0 Å². The highest BCUT2D eigenvalue weighted by molar-refractivity contribution is 5.73. The van der Waals surface area contributed by atoms with Crippen LogP contribution in [-0.2, 0) is 11.8 Å². The largest absolute Gasteiger partial charge is 0.507 e. The summed E-state index contributed by atoms with van der Waals surface area (Å²) in [7, 11) is 3.44. The number of anilines is 1. The number of halogens is 1. The van der Waals surface area contributed by atoms with Gasteiger partial charge in [-0.1, -0.05) is 6.07 Å². The van der Waals surface area contributed by atoms with Crippen molar-refractivity contribution >= 4 is 5.95 Å². The van der Waals surface area contributed by atoms with Gasteiger partial charge in [0.15, 0.2) is 5.67 Å². The molecule has 33 heavy (non-hydrogen) atoms. The van der Waals surface area contributed by atoms with Crippen molar-refractivity contribution < 1.29 is 14.2 Å². The first-order valence-corrected chi connectivity index (χ1v) is 10.8. The Kier molecular flexibility index (Phi) is 5.34. The number of piperidine rings is 1. The number of phenols is 1. The van der Waals surface area contributed by atoms with Crippen LogP contribution in [-0.4, -0.2) is 69.4 Å². The molecule has 2 N–H and O–H groups in total. The van der Waals surface area contributed by atoms with Crippen molar-refractivity contribution in [3.05, 3.63) is 53.1 Å². The van der Waals surface area contributed by atoms with Crippen molar-refractivity contribution in [2.24, 2.45) is 7.05 Å². The molecule has 9 nitrogen and oxygen atoms in total. The van der Waals surface area contributed by atoms with E-state index in [-0.39, 0.29) is 30.5 Å².